The van der Waals surface area contributed by atoms with Crippen molar-refractivity contribution in [2.24, 2.45) is 71.0 Å². The second-order valence-corrected chi connectivity index (χ2v) is 22.2. The molecule has 9 aliphatic rings. The van der Waals surface area contributed by atoms with Crippen LogP contribution in [0.5, 0.6) is 0 Å². The molecule has 17 unspecified atom stereocenters. The first-order valence-corrected chi connectivity index (χ1v) is 25.8. The van der Waals surface area contributed by atoms with Gasteiger partial charge >= 0.3 is 0 Å². The van der Waals surface area contributed by atoms with Gasteiger partial charge in [-0.3, -0.25) is 4.90 Å². The molecule has 8 aliphatic carbocycles. The molecule has 1 heterocycles. The normalized spacial score (nSPS) is 44.4. The summed E-state index contributed by atoms with van der Waals surface area (Å²) < 4.78 is 7.51. The maximum atomic E-state index is 10.1. The van der Waals surface area contributed by atoms with Gasteiger partial charge in [0, 0.05) is 47.4 Å². The van der Waals surface area contributed by atoms with Crippen molar-refractivity contribution in [2.45, 2.75) is 184 Å². The van der Waals surface area contributed by atoms with E-state index < -0.39 is 0 Å². The molecule has 5 nitrogen and oxygen atoms in total. The maximum Gasteiger partial charge on any atom is 0.0737 e. The second-order valence-electron chi connectivity index (χ2n) is 22.2. The van der Waals surface area contributed by atoms with Crippen LogP contribution in [0.25, 0.3) is 0 Å². The number of rotatable bonds is 7. The molecule has 1 saturated heterocycles. The second kappa shape index (κ2) is 17.4. The fourth-order valence-electron chi connectivity index (χ4n) is 17.6. The highest BCUT2D eigenvalue weighted by Gasteiger charge is 2.59. The molecule has 0 amide bonds. The number of para-hydroxylation sites is 2. The largest absolute Gasteiger partial charge is 0.372 e. The van der Waals surface area contributed by atoms with Crippen molar-refractivity contribution in [2.75, 3.05) is 4.90 Å². The van der Waals surface area contributed by atoms with Crippen LogP contribution in [0.4, 0.5) is 11.4 Å². The Hall–Kier alpha value is -2.86. The standard InChI is InChI=1S/C55H74N4O/c56-34-39-14-10-20-45(39)37-22-28-51-53(30-37)60-54-31-38(46-21-11-15-40(46)35-57)23-29-52(54)59(51)44-25-27-48-50(33-44)49-32-43(24-26-47(49)55(48)36-12-4-1-5-13-36)58(41-16-6-2-7-17-41)42-18-8-3-9-19-42/h2-3,6-9,16-19,36-40,43-55H,1,4-5,10-15,20-33H2. The van der Waals surface area contributed by atoms with Crippen LogP contribution < -0.4 is 4.90 Å². The minimum absolute atomic E-state index is 0.255. The molecule has 11 rings (SSSR count). The van der Waals surface area contributed by atoms with Crippen molar-refractivity contribution in [1.82, 2.24) is 4.90 Å². The van der Waals surface area contributed by atoms with Crippen LogP contribution in [-0.4, -0.2) is 41.3 Å². The van der Waals surface area contributed by atoms with Gasteiger partial charge in [0.15, 0.2) is 0 Å². The van der Waals surface area contributed by atoms with Crippen LogP contribution >= 0.6 is 0 Å². The Kier molecular flexibility index (Phi) is 11.6. The van der Waals surface area contributed by atoms with E-state index in [1.165, 1.54) is 146 Å². The van der Waals surface area contributed by atoms with Gasteiger partial charge < -0.3 is 9.64 Å². The summed E-state index contributed by atoms with van der Waals surface area (Å²) in [5, 5.41) is 20.3. The predicted octanol–water partition coefficient (Wildman–Crippen LogP) is 12.9. The highest BCUT2D eigenvalue weighted by atomic mass is 16.5. The lowest BCUT2D eigenvalue weighted by atomic mass is 9.66. The molecule has 2 aromatic carbocycles. The zero-order chi connectivity index (χ0) is 40.2. The maximum absolute atomic E-state index is 10.1. The first-order chi connectivity index (χ1) is 29.7. The van der Waals surface area contributed by atoms with Crippen LogP contribution in [0.15, 0.2) is 60.7 Å². The van der Waals surface area contributed by atoms with Gasteiger partial charge in [0.2, 0.25) is 0 Å². The molecule has 0 radical (unpaired) electrons. The zero-order valence-corrected chi connectivity index (χ0v) is 36.6. The number of fused-ring (bicyclic) bond motifs is 5. The van der Waals surface area contributed by atoms with Crippen molar-refractivity contribution in [3.05, 3.63) is 60.7 Å². The van der Waals surface area contributed by atoms with Crippen molar-refractivity contribution in [1.29, 1.82) is 10.5 Å². The summed E-state index contributed by atoms with van der Waals surface area (Å²) >= 11 is 0. The number of morpholine rings is 1. The SMILES string of the molecule is N#CC1CCCC1C1CCC2C(C1)OC1CC(C3CCCC3C#N)CCC1N2C1CCC2C(C1)C1CC(N(c3ccccc3)c3ccccc3)CCC1C2C1CCCCC1. The molecule has 1 aliphatic heterocycles. The number of benzene rings is 2. The number of ether oxygens (including phenoxy) is 1. The topological polar surface area (TPSA) is 63.3 Å². The predicted molar refractivity (Wildman–Crippen MR) is 240 cm³/mol. The number of hydrogen-bond donors (Lipinski definition) is 0. The lowest BCUT2D eigenvalue weighted by Gasteiger charge is -2.59. The van der Waals surface area contributed by atoms with E-state index >= 15 is 0 Å². The molecular formula is C55H74N4O. The molecule has 17 atom stereocenters. The molecule has 60 heavy (non-hydrogen) atoms. The van der Waals surface area contributed by atoms with Gasteiger partial charge in [-0.25, -0.2) is 0 Å². The molecule has 0 N–H and O–H groups in total. The Balaban J connectivity index is 0.895. The lowest BCUT2D eigenvalue weighted by Crippen LogP contribution is -2.67. The number of anilines is 2. The van der Waals surface area contributed by atoms with Gasteiger partial charge in [0.05, 0.1) is 24.3 Å². The molecule has 2 aromatic rings. The van der Waals surface area contributed by atoms with Gasteiger partial charge in [-0.15, -0.1) is 0 Å². The Morgan fingerprint density at radius 1 is 0.467 bits per heavy atom. The van der Waals surface area contributed by atoms with E-state index in [9.17, 15) is 10.5 Å². The minimum atomic E-state index is 0.255. The molecule has 8 saturated carbocycles. The van der Waals surface area contributed by atoms with Crippen molar-refractivity contribution in [3.63, 3.8) is 0 Å². The third-order valence-corrected chi connectivity index (χ3v) is 19.8. The van der Waals surface area contributed by atoms with Crippen molar-refractivity contribution >= 4 is 11.4 Å². The van der Waals surface area contributed by atoms with Crippen LogP contribution in [0, 0.1) is 93.7 Å². The number of nitrogens with zero attached hydrogens (tertiary/aromatic N) is 4. The molecule has 0 spiro atoms. The lowest BCUT2D eigenvalue weighted by molar-refractivity contribution is -0.207. The third kappa shape index (κ3) is 7.27. The van der Waals surface area contributed by atoms with E-state index in [4.69, 9.17) is 4.74 Å². The molecule has 0 bridgehead atoms. The Bertz CT molecular complexity index is 1740. The quantitative estimate of drug-likeness (QED) is 0.279. The van der Waals surface area contributed by atoms with Gasteiger partial charge in [-0.2, -0.15) is 10.5 Å². The highest BCUT2D eigenvalue weighted by Crippen LogP contribution is 2.63. The fraction of sp³-hybridized carbons (Fsp3) is 0.745. The van der Waals surface area contributed by atoms with E-state index in [0.29, 0.717) is 60.0 Å². The molecule has 320 valence electrons. The summed E-state index contributed by atoms with van der Waals surface area (Å²) in [5.41, 5.74) is 2.72. The average Bonchev–Trinajstić information content (AvgIpc) is 4.07. The fourth-order valence-corrected chi connectivity index (χ4v) is 17.6. The first-order valence-electron chi connectivity index (χ1n) is 25.8. The van der Waals surface area contributed by atoms with Crippen LogP contribution in [-0.2, 0) is 4.74 Å². The molecule has 9 fully saturated rings. The Morgan fingerprint density at radius 3 is 1.58 bits per heavy atom. The summed E-state index contributed by atoms with van der Waals surface area (Å²) in [4.78, 5) is 5.97. The van der Waals surface area contributed by atoms with Crippen molar-refractivity contribution < 1.29 is 4.74 Å². The molecule has 0 aromatic heterocycles. The summed E-state index contributed by atoms with van der Waals surface area (Å²) in [5.74, 6) is 8.34. The van der Waals surface area contributed by atoms with E-state index in [-0.39, 0.29) is 11.8 Å². The van der Waals surface area contributed by atoms with Gasteiger partial charge in [-0.1, -0.05) is 81.3 Å². The number of hydrogen-bond acceptors (Lipinski definition) is 5. The summed E-state index contributed by atoms with van der Waals surface area (Å²) in [6.45, 7) is 0. The van der Waals surface area contributed by atoms with Crippen molar-refractivity contribution in [3.8, 4) is 12.1 Å². The van der Waals surface area contributed by atoms with E-state index in [0.717, 1.165) is 48.3 Å². The van der Waals surface area contributed by atoms with Gasteiger partial charge in [-0.05, 0) is 186 Å². The first kappa shape index (κ1) is 40.0. The van der Waals surface area contributed by atoms with E-state index in [2.05, 4.69) is 82.6 Å². The van der Waals surface area contributed by atoms with Crippen LogP contribution in [0.1, 0.15) is 148 Å². The summed E-state index contributed by atoms with van der Waals surface area (Å²) in [7, 11) is 0. The van der Waals surface area contributed by atoms with E-state index in [1.807, 2.05) is 0 Å². The average molecular weight is 807 g/mol. The summed E-state index contributed by atoms with van der Waals surface area (Å²) in [6.07, 6.45) is 31.0. The number of nitriles is 2. The smallest absolute Gasteiger partial charge is 0.0737 e. The molecule has 5 heteroatoms. The minimum Gasteiger partial charge on any atom is -0.372 e. The highest BCUT2D eigenvalue weighted by molar-refractivity contribution is 5.64. The van der Waals surface area contributed by atoms with Gasteiger partial charge in [0.25, 0.3) is 0 Å². The third-order valence-electron chi connectivity index (χ3n) is 19.8. The zero-order valence-electron chi connectivity index (χ0n) is 36.6. The van der Waals surface area contributed by atoms with E-state index in [1.54, 1.807) is 0 Å². The molecular weight excluding hydrogens is 733 g/mol. The summed E-state index contributed by atoms with van der Waals surface area (Å²) in [6, 6.07) is 30.5. The van der Waals surface area contributed by atoms with Gasteiger partial charge in [0.1, 0.15) is 0 Å². The Morgan fingerprint density at radius 2 is 1.02 bits per heavy atom. The van der Waals surface area contributed by atoms with Crippen LogP contribution in [0.2, 0.25) is 0 Å². The van der Waals surface area contributed by atoms with Crippen LogP contribution in [0.3, 0.4) is 0 Å². The Labute approximate surface area is 363 Å². The monoisotopic (exact) mass is 807 g/mol.